The van der Waals surface area contributed by atoms with Crippen molar-refractivity contribution in [3.05, 3.63) is 47.9 Å². The van der Waals surface area contributed by atoms with Gasteiger partial charge in [0.2, 0.25) is 0 Å². The lowest BCUT2D eigenvalue weighted by Crippen LogP contribution is -1.97. The summed E-state index contributed by atoms with van der Waals surface area (Å²) in [6.45, 7) is 1.88. The quantitative estimate of drug-likeness (QED) is 0.772. The van der Waals surface area contributed by atoms with Crippen molar-refractivity contribution in [1.29, 1.82) is 0 Å². The van der Waals surface area contributed by atoms with E-state index in [4.69, 9.17) is 5.73 Å². The number of aryl methyl sites for hydroxylation is 1. The van der Waals surface area contributed by atoms with Gasteiger partial charge in [-0.3, -0.25) is 4.98 Å². The minimum Gasteiger partial charge on any atom is -0.397 e. The lowest BCUT2D eigenvalue weighted by Gasteiger charge is -2.07. The van der Waals surface area contributed by atoms with E-state index < -0.39 is 0 Å². The van der Waals surface area contributed by atoms with Crippen LogP contribution in [0.15, 0.2) is 36.5 Å². The van der Waals surface area contributed by atoms with Crippen LogP contribution in [0.4, 0.5) is 10.1 Å². The lowest BCUT2D eigenvalue weighted by molar-refractivity contribution is 0.631. The largest absolute Gasteiger partial charge is 0.397 e. The smallest absolute Gasteiger partial charge is 0.132 e. The molecule has 0 fully saturated rings. The van der Waals surface area contributed by atoms with E-state index in [0.29, 0.717) is 16.9 Å². The van der Waals surface area contributed by atoms with Crippen LogP contribution in [0.3, 0.4) is 0 Å². The zero-order valence-corrected chi connectivity index (χ0v) is 8.37. The van der Waals surface area contributed by atoms with Crippen molar-refractivity contribution >= 4 is 5.69 Å². The van der Waals surface area contributed by atoms with E-state index in [1.165, 1.54) is 6.07 Å². The third-order valence-corrected chi connectivity index (χ3v) is 2.34. The molecule has 2 nitrogen and oxygen atoms in total. The Morgan fingerprint density at radius 3 is 2.67 bits per heavy atom. The third kappa shape index (κ3) is 1.68. The average Bonchev–Trinajstić information content (AvgIpc) is 2.23. The molecular weight excluding hydrogens is 191 g/mol. The summed E-state index contributed by atoms with van der Waals surface area (Å²) in [5.74, 6) is -0.303. The fourth-order valence-electron chi connectivity index (χ4n) is 1.44. The third-order valence-electron chi connectivity index (χ3n) is 2.34. The summed E-state index contributed by atoms with van der Waals surface area (Å²) in [5.41, 5.74) is 8.24. The van der Waals surface area contributed by atoms with E-state index in [-0.39, 0.29) is 5.82 Å². The van der Waals surface area contributed by atoms with Crippen LogP contribution in [-0.2, 0) is 0 Å². The number of pyridine rings is 1. The van der Waals surface area contributed by atoms with Crippen molar-refractivity contribution in [3.63, 3.8) is 0 Å². The highest BCUT2D eigenvalue weighted by molar-refractivity contribution is 5.74. The van der Waals surface area contributed by atoms with Crippen LogP contribution in [0.1, 0.15) is 5.56 Å². The summed E-state index contributed by atoms with van der Waals surface area (Å²) in [7, 11) is 0. The molecule has 2 rings (SSSR count). The Balaban J connectivity index is 2.65. The first-order chi connectivity index (χ1) is 7.20. The first-order valence-electron chi connectivity index (χ1n) is 4.66. The van der Waals surface area contributed by atoms with E-state index in [2.05, 4.69) is 4.98 Å². The molecule has 0 radical (unpaired) electrons. The molecule has 76 valence electrons. The number of anilines is 1. The van der Waals surface area contributed by atoms with E-state index in [9.17, 15) is 4.39 Å². The Morgan fingerprint density at radius 2 is 1.93 bits per heavy atom. The number of halogens is 1. The fourth-order valence-corrected chi connectivity index (χ4v) is 1.44. The Morgan fingerprint density at radius 1 is 1.20 bits per heavy atom. The van der Waals surface area contributed by atoms with Gasteiger partial charge in [0.25, 0.3) is 0 Å². The summed E-state index contributed by atoms with van der Waals surface area (Å²) in [4.78, 5) is 4.11. The fraction of sp³-hybridized carbons (Fsp3) is 0.0833. The van der Waals surface area contributed by atoms with Crippen molar-refractivity contribution in [3.8, 4) is 11.3 Å². The van der Waals surface area contributed by atoms with Gasteiger partial charge in [-0.2, -0.15) is 0 Å². The molecule has 0 saturated heterocycles. The zero-order chi connectivity index (χ0) is 10.8. The average molecular weight is 202 g/mol. The molecule has 15 heavy (non-hydrogen) atoms. The molecule has 2 aromatic rings. The normalized spacial score (nSPS) is 10.3. The highest BCUT2D eigenvalue weighted by Gasteiger charge is 2.09. The van der Waals surface area contributed by atoms with E-state index in [1.54, 1.807) is 30.5 Å². The van der Waals surface area contributed by atoms with Crippen molar-refractivity contribution in [2.75, 3.05) is 5.73 Å². The van der Waals surface area contributed by atoms with Crippen molar-refractivity contribution < 1.29 is 4.39 Å². The monoisotopic (exact) mass is 202 g/mol. The number of rotatable bonds is 1. The second-order valence-electron chi connectivity index (χ2n) is 3.37. The van der Waals surface area contributed by atoms with Gasteiger partial charge in [0.05, 0.1) is 11.4 Å². The maximum absolute atomic E-state index is 13.5. The molecule has 0 aliphatic heterocycles. The van der Waals surface area contributed by atoms with Gasteiger partial charge in [-0.1, -0.05) is 12.1 Å². The summed E-state index contributed by atoms with van der Waals surface area (Å²) >= 11 is 0. The van der Waals surface area contributed by atoms with Gasteiger partial charge in [0.1, 0.15) is 5.82 Å². The molecule has 0 unspecified atom stereocenters. The molecule has 0 atom stereocenters. The molecule has 1 heterocycles. The van der Waals surface area contributed by atoms with Gasteiger partial charge >= 0.3 is 0 Å². The van der Waals surface area contributed by atoms with Crippen LogP contribution in [0, 0.1) is 12.7 Å². The van der Waals surface area contributed by atoms with Crippen molar-refractivity contribution in [1.82, 2.24) is 4.98 Å². The number of nitrogens with zero attached hydrogens (tertiary/aromatic N) is 1. The first kappa shape index (κ1) is 9.65. The molecule has 0 saturated carbocycles. The number of benzene rings is 1. The first-order valence-corrected chi connectivity index (χ1v) is 4.66. The molecule has 1 aromatic carbocycles. The van der Waals surface area contributed by atoms with Crippen molar-refractivity contribution in [2.45, 2.75) is 6.92 Å². The summed E-state index contributed by atoms with van der Waals surface area (Å²) < 4.78 is 13.5. The lowest BCUT2D eigenvalue weighted by atomic mass is 10.1. The van der Waals surface area contributed by atoms with Gasteiger partial charge in [0, 0.05) is 11.8 Å². The van der Waals surface area contributed by atoms with E-state index in [0.717, 1.165) is 5.56 Å². The van der Waals surface area contributed by atoms with Crippen molar-refractivity contribution in [2.24, 2.45) is 0 Å². The number of hydrogen-bond acceptors (Lipinski definition) is 2. The number of hydrogen-bond donors (Lipinski definition) is 1. The molecule has 0 aliphatic carbocycles. The summed E-state index contributed by atoms with van der Waals surface area (Å²) in [6.07, 6.45) is 1.63. The van der Waals surface area contributed by atoms with Gasteiger partial charge < -0.3 is 5.73 Å². The highest BCUT2D eigenvalue weighted by Crippen LogP contribution is 2.27. The highest BCUT2D eigenvalue weighted by atomic mass is 19.1. The van der Waals surface area contributed by atoms with Crippen LogP contribution in [-0.4, -0.2) is 4.98 Å². The van der Waals surface area contributed by atoms with Crippen LogP contribution < -0.4 is 5.73 Å². The van der Waals surface area contributed by atoms with Gasteiger partial charge in [0.15, 0.2) is 0 Å². The molecule has 0 amide bonds. The van der Waals surface area contributed by atoms with Crippen LogP contribution in [0.25, 0.3) is 11.3 Å². The Bertz CT molecular complexity index is 495. The SMILES string of the molecule is Cc1ccnc(-c2ccccc2F)c1N. The number of nitrogen functional groups attached to an aromatic ring is 1. The topological polar surface area (TPSA) is 38.9 Å². The predicted molar refractivity (Wildman–Crippen MR) is 58.8 cm³/mol. The van der Waals surface area contributed by atoms with E-state index in [1.807, 2.05) is 6.92 Å². The molecule has 0 aliphatic rings. The summed E-state index contributed by atoms with van der Waals surface area (Å²) in [6, 6.07) is 8.29. The standard InChI is InChI=1S/C12H11FN2/c1-8-6-7-15-12(11(8)14)9-4-2-3-5-10(9)13/h2-7H,14H2,1H3. The Labute approximate surface area is 87.6 Å². The maximum Gasteiger partial charge on any atom is 0.132 e. The van der Waals surface area contributed by atoms with Gasteiger partial charge in [-0.25, -0.2) is 4.39 Å². The number of nitrogens with two attached hydrogens (primary N) is 1. The summed E-state index contributed by atoms with van der Waals surface area (Å²) in [5, 5.41) is 0. The van der Waals surface area contributed by atoms with Gasteiger partial charge in [-0.05, 0) is 30.7 Å². The van der Waals surface area contributed by atoms with Crippen LogP contribution in [0.2, 0.25) is 0 Å². The second kappa shape index (κ2) is 3.69. The molecule has 3 heteroatoms. The molecule has 0 bridgehead atoms. The minimum absolute atomic E-state index is 0.303. The minimum atomic E-state index is -0.303. The van der Waals surface area contributed by atoms with Gasteiger partial charge in [-0.15, -0.1) is 0 Å². The van der Waals surface area contributed by atoms with Crippen LogP contribution in [0.5, 0.6) is 0 Å². The number of aromatic nitrogens is 1. The maximum atomic E-state index is 13.5. The second-order valence-corrected chi connectivity index (χ2v) is 3.37. The Hall–Kier alpha value is -1.90. The molecule has 1 aromatic heterocycles. The molecule has 2 N–H and O–H groups in total. The molecule has 0 spiro atoms. The Kier molecular flexibility index (Phi) is 2.37. The van der Waals surface area contributed by atoms with Crippen LogP contribution >= 0.6 is 0 Å². The molecular formula is C12H11FN2. The van der Waals surface area contributed by atoms with E-state index >= 15 is 0 Å². The predicted octanol–water partition coefficient (Wildman–Crippen LogP) is 2.78. The zero-order valence-electron chi connectivity index (χ0n) is 8.37.